The highest BCUT2D eigenvalue weighted by Crippen LogP contribution is 2.39. The number of phenols is 1. The number of rotatable bonds is 2. The molecular formula is C15H20ClNO. The van der Waals surface area contributed by atoms with E-state index in [0.29, 0.717) is 16.7 Å². The van der Waals surface area contributed by atoms with Gasteiger partial charge in [0, 0.05) is 0 Å². The fourth-order valence-corrected chi connectivity index (χ4v) is 3.64. The lowest BCUT2D eigenvalue weighted by Crippen LogP contribution is -2.30. The molecule has 0 amide bonds. The molecule has 1 unspecified atom stereocenters. The molecule has 0 bridgehead atoms. The molecule has 3 rings (SSSR count). The zero-order valence-corrected chi connectivity index (χ0v) is 11.4. The van der Waals surface area contributed by atoms with Crippen molar-refractivity contribution >= 4 is 11.6 Å². The molecule has 2 N–H and O–H groups in total. The third-order valence-corrected chi connectivity index (χ3v) is 4.70. The van der Waals surface area contributed by atoms with Gasteiger partial charge in [0.1, 0.15) is 5.75 Å². The molecular weight excluding hydrogens is 246 g/mol. The highest BCUT2D eigenvalue weighted by Gasteiger charge is 2.22. The highest BCUT2D eigenvalue weighted by atomic mass is 35.5. The summed E-state index contributed by atoms with van der Waals surface area (Å²) in [7, 11) is 0. The normalized spacial score (nSPS) is 23.1. The molecule has 0 saturated carbocycles. The van der Waals surface area contributed by atoms with E-state index < -0.39 is 0 Å². The van der Waals surface area contributed by atoms with E-state index in [1.807, 2.05) is 0 Å². The van der Waals surface area contributed by atoms with Crippen LogP contribution >= 0.6 is 11.6 Å². The van der Waals surface area contributed by atoms with Crippen LogP contribution in [0.25, 0.3) is 0 Å². The number of hydrogen-bond acceptors (Lipinski definition) is 2. The number of phenolic OH excluding ortho intramolecular Hbond substituents is 1. The van der Waals surface area contributed by atoms with Crippen molar-refractivity contribution in [3.63, 3.8) is 0 Å². The fourth-order valence-electron chi connectivity index (χ4n) is 3.30. The van der Waals surface area contributed by atoms with Crippen molar-refractivity contribution in [2.45, 2.75) is 38.5 Å². The van der Waals surface area contributed by atoms with Crippen molar-refractivity contribution in [1.29, 1.82) is 0 Å². The molecule has 1 fully saturated rings. The summed E-state index contributed by atoms with van der Waals surface area (Å²) in [6.07, 6.45) is 6.75. The topological polar surface area (TPSA) is 32.3 Å². The standard InChI is InChI=1S/C15H20ClNO/c16-14-13-5-1-4-11(13)8-12(15(14)18)7-10-3-2-6-17-9-10/h8,10,17-18H,1-7,9H2. The average Bonchev–Trinajstić information content (AvgIpc) is 2.85. The third-order valence-electron chi connectivity index (χ3n) is 4.29. The third kappa shape index (κ3) is 2.24. The Balaban J connectivity index is 1.85. The molecule has 1 aromatic rings. The first-order valence-corrected chi connectivity index (χ1v) is 7.36. The quantitative estimate of drug-likeness (QED) is 0.861. The van der Waals surface area contributed by atoms with Crippen molar-refractivity contribution in [1.82, 2.24) is 5.32 Å². The van der Waals surface area contributed by atoms with Gasteiger partial charge in [-0.2, -0.15) is 0 Å². The van der Waals surface area contributed by atoms with Gasteiger partial charge in [-0.1, -0.05) is 17.7 Å². The van der Waals surface area contributed by atoms with Gasteiger partial charge >= 0.3 is 0 Å². The van der Waals surface area contributed by atoms with Gasteiger partial charge in [0.25, 0.3) is 0 Å². The lowest BCUT2D eigenvalue weighted by atomic mass is 9.90. The van der Waals surface area contributed by atoms with Crippen LogP contribution in [0.5, 0.6) is 5.75 Å². The second kappa shape index (κ2) is 5.10. The second-order valence-electron chi connectivity index (χ2n) is 5.61. The summed E-state index contributed by atoms with van der Waals surface area (Å²) >= 11 is 6.30. The largest absolute Gasteiger partial charge is 0.506 e. The van der Waals surface area contributed by atoms with E-state index >= 15 is 0 Å². The second-order valence-corrected chi connectivity index (χ2v) is 5.98. The number of benzene rings is 1. The molecule has 0 spiro atoms. The lowest BCUT2D eigenvalue weighted by Gasteiger charge is -2.23. The Morgan fingerprint density at radius 1 is 1.33 bits per heavy atom. The van der Waals surface area contributed by atoms with E-state index in [-0.39, 0.29) is 0 Å². The van der Waals surface area contributed by atoms with Crippen LogP contribution in [0, 0.1) is 5.92 Å². The van der Waals surface area contributed by atoms with E-state index in [4.69, 9.17) is 11.6 Å². The first-order chi connectivity index (χ1) is 8.75. The molecule has 1 heterocycles. The van der Waals surface area contributed by atoms with E-state index in [0.717, 1.165) is 37.9 Å². The molecule has 2 nitrogen and oxygen atoms in total. The Labute approximate surface area is 113 Å². The van der Waals surface area contributed by atoms with Crippen LogP contribution in [0.15, 0.2) is 6.07 Å². The molecule has 1 aliphatic carbocycles. The van der Waals surface area contributed by atoms with Crippen LogP contribution in [0.4, 0.5) is 0 Å². The monoisotopic (exact) mass is 265 g/mol. The first-order valence-electron chi connectivity index (χ1n) is 6.98. The number of aromatic hydroxyl groups is 1. The van der Waals surface area contributed by atoms with Crippen molar-refractivity contribution < 1.29 is 5.11 Å². The summed E-state index contributed by atoms with van der Waals surface area (Å²) in [5.41, 5.74) is 3.59. The molecule has 1 saturated heterocycles. The van der Waals surface area contributed by atoms with Crippen molar-refractivity contribution in [3.05, 3.63) is 27.8 Å². The van der Waals surface area contributed by atoms with Crippen LogP contribution in [0.1, 0.15) is 36.0 Å². The molecule has 1 aliphatic heterocycles. The van der Waals surface area contributed by atoms with Gasteiger partial charge in [-0.3, -0.25) is 0 Å². The smallest absolute Gasteiger partial charge is 0.137 e. The van der Waals surface area contributed by atoms with Gasteiger partial charge < -0.3 is 10.4 Å². The Morgan fingerprint density at radius 2 is 2.22 bits per heavy atom. The molecule has 0 aromatic heterocycles. The maximum atomic E-state index is 10.2. The minimum Gasteiger partial charge on any atom is -0.506 e. The van der Waals surface area contributed by atoms with Gasteiger partial charge in [0.2, 0.25) is 0 Å². The Morgan fingerprint density at radius 3 is 3.00 bits per heavy atom. The number of nitrogens with one attached hydrogen (secondary N) is 1. The minimum absolute atomic E-state index is 0.336. The summed E-state index contributed by atoms with van der Waals surface area (Å²) < 4.78 is 0. The lowest BCUT2D eigenvalue weighted by molar-refractivity contribution is 0.369. The van der Waals surface area contributed by atoms with Crippen LogP contribution in [0.3, 0.4) is 0 Å². The Hall–Kier alpha value is -0.730. The fraction of sp³-hybridized carbons (Fsp3) is 0.600. The number of halogens is 1. The zero-order chi connectivity index (χ0) is 12.5. The van der Waals surface area contributed by atoms with Crippen LogP contribution < -0.4 is 5.32 Å². The van der Waals surface area contributed by atoms with Gasteiger partial charge in [-0.15, -0.1) is 0 Å². The SMILES string of the molecule is Oc1c(CC2CCCNC2)cc2c(c1Cl)CCC2. The van der Waals surface area contributed by atoms with E-state index in [9.17, 15) is 5.11 Å². The van der Waals surface area contributed by atoms with Gasteiger partial charge in [0.05, 0.1) is 5.02 Å². The summed E-state index contributed by atoms with van der Waals surface area (Å²) in [5.74, 6) is 0.975. The summed E-state index contributed by atoms with van der Waals surface area (Å²) in [4.78, 5) is 0. The predicted octanol–water partition coefficient (Wildman–Crippen LogP) is 3.08. The molecule has 3 heteroatoms. The number of piperidine rings is 1. The zero-order valence-electron chi connectivity index (χ0n) is 10.6. The molecule has 0 radical (unpaired) electrons. The van der Waals surface area contributed by atoms with Crippen molar-refractivity contribution in [3.8, 4) is 5.75 Å². The number of hydrogen-bond donors (Lipinski definition) is 2. The van der Waals surface area contributed by atoms with E-state index in [1.54, 1.807) is 0 Å². The summed E-state index contributed by atoms with van der Waals surface area (Å²) in [5, 5.41) is 14.3. The van der Waals surface area contributed by atoms with E-state index in [1.165, 1.54) is 30.4 Å². The van der Waals surface area contributed by atoms with Crippen molar-refractivity contribution in [2.24, 2.45) is 5.92 Å². The molecule has 1 aromatic carbocycles. The number of fused-ring (bicyclic) bond motifs is 1. The average molecular weight is 266 g/mol. The first kappa shape index (κ1) is 12.3. The van der Waals surface area contributed by atoms with Gasteiger partial charge in [-0.25, -0.2) is 0 Å². The van der Waals surface area contributed by atoms with Gasteiger partial charge in [0.15, 0.2) is 0 Å². The number of aryl methyl sites for hydroxylation is 1. The van der Waals surface area contributed by atoms with Gasteiger partial charge in [-0.05, 0) is 74.2 Å². The predicted molar refractivity (Wildman–Crippen MR) is 74.4 cm³/mol. The summed E-state index contributed by atoms with van der Waals surface area (Å²) in [6, 6.07) is 2.19. The Kier molecular flexibility index (Phi) is 3.49. The highest BCUT2D eigenvalue weighted by molar-refractivity contribution is 6.33. The van der Waals surface area contributed by atoms with E-state index in [2.05, 4.69) is 11.4 Å². The van der Waals surface area contributed by atoms with Crippen LogP contribution in [0.2, 0.25) is 5.02 Å². The molecule has 18 heavy (non-hydrogen) atoms. The molecule has 98 valence electrons. The van der Waals surface area contributed by atoms with Crippen LogP contribution in [-0.4, -0.2) is 18.2 Å². The Bertz CT molecular complexity index is 452. The maximum Gasteiger partial charge on any atom is 0.137 e. The summed E-state index contributed by atoms with van der Waals surface area (Å²) in [6.45, 7) is 2.20. The maximum absolute atomic E-state index is 10.2. The molecule has 1 atom stereocenters. The minimum atomic E-state index is 0.336. The van der Waals surface area contributed by atoms with Crippen LogP contribution in [-0.2, 0) is 19.3 Å². The molecule has 2 aliphatic rings. The van der Waals surface area contributed by atoms with Crippen molar-refractivity contribution in [2.75, 3.05) is 13.1 Å².